The van der Waals surface area contributed by atoms with Crippen molar-refractivity contribution < 1.29 is 4.42 Å². The molecule has 0 atom stereocenters. The van der Waals surface area contributed by atoms with Crippen LogP contribution in [0.5, 0.6) is 0 Å². The zero-order chi connectivity index (χ0) is 13.1. The highest BCUT2D eigenvalue weighted by Gasteiger charge is 2.06. The van der Waals surface area contributed by atoms with E-state index >= 15 is 0 Å². The van der Waals surface area contributed by atoms with Crippen LogP contribution in [0, 0.1) is 11.3 Å². The molecule has 1 N–H and O–H groups in total. The summed E-state index contributed by atoms with van der Waals surface area (Å²) in [6, 6.07) is 13.6. The summed E-state index contributed by atoms with van der Waals surface area (Å²) in [5.41, 5.74) is 2.43. The lowest BCUT2D eigenvalue weighted by molar-refractivity contribution is 0.564. The molecule has 2 heterocycles. The fourth-order valence-corrected chi connectivity index (χ4v) is 1.91. The van der Waals surface area contributed by atoms with E-state index in [9.17, 15) is 5.26 Å². The summed E-state index contributed by atoms with van der Waals surface area (Å²) in [4.78, 5) is 4.48. The molecule has 92 valence electrons. The number of benzene rings is 1. The maximum atomic E-state index is 9.19. The van der Waals surface area contributed by atoms with E-state index in [1.165, 1.54) is 0 Å². The predicted molar refractivity (Wildman–Crippen MR) is 72.5 cm³/mol. The molecule has 0 spiro atoms. The van der Waals surface area contributed by atoms with Crippen molar-refractivity contribution >= 4 is 16.7 Å². The molecule has 0 aliphatic rings. The molecule has 3 rings (SSSR count). The Hall–Kier alpha value is -2.80. The molecule has 19 heavy (non-hydrogen) atoms. The van der Waals surface area contributed by atoms with E-state index in [2.05, 4.69) is 16.4 Å². The minimum absolute atomic E-state index is 0.544. The van der Waals surface area contributed by atoms with Crippen molar-refractivity contribution in [2.45, 2.75) is 6.54 Å². The van der Waals surface area contributed by atoms with Crippen LogP contribution >= 0.6 is 0 Å². The quantitative estimate of drug-likeness (QED) is 0.773. The number of para-hydroxylation sites is 1. The standard InChI is InChI=1S/C15H11N3O/c16-8-13-7-12-3-1-2-4-14(12)18-15(13)17-9-11-5-6-19-10-11/h1-7,10H,9H2,(H,17,18). The molecular weight excluding hydrogens is 238 g/mol. The number of hydrogen-bond donors (Lipinski definition) is 1. The number of anilines is 1. The second-order valence-corrected chi connectivity index (χ2v) is 4.17. The van der Waals surface area contributed by atoms with E-state index in [4.69, 9.17) is 4.42 Å². The van der Waals surface area contributed by atoms with E-state index in [0.29, 0.717) is 17.9 Å². The number of furan rings is 1. The fraction of sp³-hybridized carbons (Fsp3) is 0.0667. The van der Waals surface area contributed by atoms with Crippen molar-refractivity contribution in [1.29, 1.82) is 5.26 Å². The van der Waals surface area contributed by atoms with Gasteiger partial charge in [0.15, 0.2) is 0 Å². The molecule has 3 aromatic rings. The molecule has 0 radical (unpaired) electrons. The van der Waals surface area contributed by atoms with Gasteiger partial charge >= 0.3 is 0 Å². The van der Waals surface area contributed by atoms with E-state index in [-0.39, 0.29) is 0 Å². The van der Waals surface area contributed by atoms with Gasteiger partial charge in [-0.1, -0.05) is 18.2 Å². The van der Waals surface area contributed by atoms with Crippen LogP contribution in [0.1, 0.15) is 11.1 Å². The molecule has 0 saturated carbocycles. The smallest absolute Gasteiger partial charge is 0.144 e. The summed E-state index contributed by atoms with van der Waals surface area (Å²) in [5.74, 6) is 0.599. The topological polar surface area (TPSA) is 61.9 Å². The normalized spacial score (nSPS) is 10.3. The van der Waals surface area contributed by atoms with Crippen LogP contribution in [0.15, 0.2) is 53.3 Å². The van der Waals surface area contributed by atoms with Crippen LogP contribution in [0.4, 0.5) is 5.82 Å². The third-order valence-corrected chi connectivity index (χ3v) is 2.88. The van der Waals surface area contributed by atoms with Gasteiger partial charge in [0.1, 0.15) is 11.9 Å². The van der Waals surface area contributed by atoms with Gasteiger partial charge in [-0.25, -0.2) is 4.98 Å². The van der Waals surface area contributed by atoms with Gasteiger partial charge in [0.25, 0.3) is 0 Å². The van der Waals surface area contributed by atoms with Gasteiger partial charge in [-0.05, 0) is 18.2 Å². The van der Waals surface area contributed by atoms with E-state index in [1.54, 1.807) is 12.5 Å². The summed E-state index contributed by atoms with van der Waals surface area (Å²) in [7, 11) is 0. The second-order valence-electron chi connectivity index (χ2n) is 4.17. The molecule has 4 nitrogen and oxygen atoms in total. The van der Waals surface area contributed by atoms with Gasteiger partial charge in [0.2, 0.25) is 0 Å². The SMILES string of the molecule is N#Cc1cc2ccccc2nc1NCc1ccoc1. The molecule has 0 aliphatic carbocycles. The lowest BCUT2D eigenvalue weighted by Crippen LogP contribution is -2.03. The zero-order valence-corrected chi connectivity index (χ0v) is 10.1. The molecule has 0 unspecified atom stereocenters. The van der Waals surface area contributed by atoms with Crippen LogP contribution < -0.4 is 5.32 Å². The number of nitriles is 1. The minimum atomic E-state index is 0.544. The van der Waals surface area contributed by atoms with Crippen molar-refractivity contribution in [2.24, 2.45) is 0 Å². The van der Waals surface area contributed by atoms with Crippen LogP contribution in [-0.2, 0) is 6.54 Å². The molecule has 0 bridgehead atoms. The second kappa shape index (κ2) is 4.83. The van der Waals surface area contributed by atoms with Crippen LogP contribution in [0.2, 0.25) is 0 Å². The summed E-state index contributed by atoms with van der Waals surface area (Å²) in [6.45, 7) is 0.580. The number of nitrogens with zero attached hydrogens (tertiary/aromatic N) is 2. The molecule has 0 amide bonds. The molecule has 2 aromatic heterocycles. The van der Waals surface area contributed by atoms with Gasteiger partial charge in [-0.15, -0.1) is 0 Å². The molecule has 0 fully saturated rings. The third kappa shape index (κ3) is 2.26. The van der Waals surface area contributed by atoms with Crippen molar-refractivity contribution in [3.8, 4) is 6.07 Å². The molecule has 0 aliphatic heterocycles. The van der Waals surface area contributed by atoms with Crippen LogP contribution in [-0.4, -0.2) is 4.98 Å². The van der Waals surface area contributed by atoms with Gasteiger partial charge in [-0.3, -0.25) is 0 Å². The molecule has 0 saturated heterocycles. The monoisotopic (exact) mass is 249 g/mol. The Morgan fingerprint density at radius 2 is 2.16 bits per heavy atom. The Kier molecular flexibility index (Phi) is 2.87. The van der Waals surface area contributed by atoms with Gasteiger partial charge < -0.3 is 9.73 Å². The van der Waals surface area contributed by atoms with Gasteiger partial charge in [0.05, 0.1) is 23.6 Å². The zero-order valence-electron chi connectivity index (χ0n) is 10.1. The average molecular weight is 249 g/mol. The first-order valence-corrected chi connectivity index (χ1v) is 5.91. The first kappa shape index (κ1) is 11.3. The molecule has 1 aromatic carbocycles. The number of pyridine rings is 1. The maximum absolute atomic E-state index is 9.19. The lowest BCUT2D eigenvalue weighted by Gasteiger charge is -2.07. The largest absolute Gasteiger partial charge is 0.472 e. The van der Waals surface area contributed by atoms with E-state index in [0.717, 1.165) is 16.5 Å². The Morgan fingerprint density at radius 1 is 1.26 bits per heavy atom. The van der Waals surface area contributed by atoms with E-state index in [1.807, 2.05) is 36.4 Å². The Labute approximate surface area is 110 Å². The van der Waals surface area contributed by atoms with Gasteiger partial charge in [-0.2, -0.15) is 5.26 Å². The number of nitrogens with one attached hydrogen (secondary N) is 1. The number of fused-ring (bicyclic) bond motifs is 1. The Bertz CT molecular complexity index is 742. The Morgan fingerprint density at radius 3 is 2.95 bits per heavy atom. The fourth-order valence-electron chi connectivity index (χ4n) is 1.91. The summed E-state index contributed by atoms with van der Waals surface area (Å²) in [5, 5.41) is 13.3. The molecular formula is C15H11N3O. The predicted octanol–water partition coefficient (Wildman–Crippen LogP) is 3.31. The summed E-state index contributed by atoms with van der Waals surface area (Å²) in [6.07, 6.45) is 3.29. The van der Waals surface area contributed by atoms with Gasteiger partial charge in [0, 0.05) is 17.5 Å². The lowest BCUT2D eigenvalue weighted by atomic mass is 10.1. The van der Waals surface area contributed by atoms with Crippen molar-refractivity contribution in [2.75, 3.05) is 5.32 Å². The minimum Gasteiger partial charge on any atom is -0.472 e. The van der Waals surface area contributed by atoms with E-state index < -0.39 is 0 Å². The maximum Gasteiger partial charge on any atom is 0.144 e. The van der Waals surface area contributed by atoms with Crippen LogP contribution in [0.25, 0.3) is 10.9 Å². The summed E-state index contributed by atoms with van der Waals surface area (Å²) >= 11 is 0. The first-order chi connectivity index (χ1) is 9.36. The van der Waals surface area contributed by atoms with Crippen LogP contribution in [0.3, 0.4) is 0 Å². The highest BCUT2D eigenvalue weighted by atomic mass is 16.3. The molecule has 4 heteroatoms. The number of aromatic nitrogens is 1. The number of rotatable bonds is 3. The number of hydrogen-bond acceptors (Lipinski definition) is 4. The summed E-state index contributed by atoms with van der Waals surface area (Å²) < 4.78 is 5.00. The van der Waals surface area contributed by atoms with Crippen molar-refractivity contribution in [1.82, 2.24) is 4.98 Å². The Balaban J connectivity index is 1.95. The highest BCUT2D eigenvalue weighted by molar-refractivity contribution is 5.82. The first-order valence-electron chi connectivity index (χ1n) is 5.91. The third-order valence-electron chi connectivity index (χ3n) is 2.88. The highest BCUT2D eigenvalue weighted by Crippen LogP contribution is 2.20. The van der Waals surface area contributed by atoms with Crippen molar-refractivity contribution in [3.63, 3.8) is 0 Å². The average Bonchev–Trinajstić information content (AvgIpc) is 2.97. The van der Waals surface area contributed by atoms with Crippen molar-refractivity contribution in [3.05, 3.63) is 60.1 Å².